The maximum atomic E-state index is 6.00. The number of aromatic nitrogens is 4. The zero-order valence-corrected chi connectivity index (χ0v) is 16.4. The lowest BCUT2D eigenvalue weighted by molar-refractivity contribution is 0.0686. The van der Waals surface area contributed by atoms with E-state index in [0.717, 1.165) is 5.56 Å². The average molecular weight is 429 g/mol. The molecular weight excluding hydrogens is 416 g/mol. The Hall–Kier alpha value is -3.04. The minimum atomic E-state index is -0.454. The number of thioether (sulfide) groups is 1. The van der Waals surface area contributed by atoms with Gasteiger partial charge in [-0.25, -0.2) is 0 Å². The molecule has 1 atom stereocenters. The zero-order valence-electron chi connectivity index (χ0n) is 14.8. The van der Waals surface area contributed by atoms with Crippen LogP contribution in [0.5, 0.6) is 11.5 Å². The summed E-state index contributed by atoms with van der Waals surface area (Å²) in [6.07, 6.45) is -0.454. The summed E-state index contributed by atoms with van der Waals surface area (Å²) < 4.78 is 22.5. The first kappa shape index (κ1) is 18.0. The van der Waals surface area contributed by atoms with Crippen LogP contribution in [-0.4, -0.2) is 26.9 Å². The molecule has 1 aliphatic heterocycles. The number of benzene rings is 2. The first-order valence-corrected chi connectivity index (χ1v) is 10.0. The Morgan fingerprint density at radius 2 is 1.97 bits per heavy atom. The van der Waals surface area contributed by atoms with E-state index in [1.807, 2.05) is 36.4 Å². The van der Waals surface area contributed by atoms with E-state index in [9.17, 15) is 0 Å². The molecule has 2 aromatic heterocycles. The summed E-state index contributed by atoms with van der Waals surface area (Å²) in [6.45, 7) is 0.302. The Kier molecular flexibility index (Phi) is 4.82. The molecule has 0 saturated carbocycles. The molecule has 4 aromatic rings. The van der Waals surface area contributed by atoms with Crippen LogP contribution < -0.4 is 9.47 Å². The first-order chi connectivity index (χ1) is 14.2. The molecule has 0 unspecified atom stereocenters. The van der Waals surface area contributed by atoms with E-state index in [-0.39, 0.29) is 0 Å². The summed E-state index contributed by atoms with van der Waals surface area (Å²) in [5.41, 5.74) is 0.785. The van der Waals surface area contributed by atoms with E-state index in [2.05, 4.69) is 20.3 Å². The maximum absolute atomic E-state index is 6.00. The molecule has 10 heteroatoms. The van der Waals surface area contributed by atoms with Crippen LogP contribution >= 0.6 is 23.4 Å². The van der Waals surface area contributed by atoms with E-state index in [1.165, 1.54) is 11.8 Å². The molecule has 29 heavy (non-hydrogen) atoms. The predicted octanol–water partition coefficient (Wildman–Crippen LogP) is 4.58. The van der Waals surface area contributed by atoms with Gasteiger partial charge in [0, 0.05) is 10.6 Å². The number of halogens is 1. The molecule has 0 spiro atoms. The minimum absolute atomic E-state index is 0.302. The van der Waals surface area contributed by atoms with Gasteiger partial charge in [0.25, 0.3) is 11.1 Å². The van der Waals surface area contributed by atoms with Crippen molar-refractivity contribution in [3.05, 3.63) is 65.3 Å². The highest BCUT2D eigenvalue weighted by molar-refractivity contribution is 7.98. The molecule has 0 saturated heterocycles. The molecule has 0 radical (unpaired) electrons. The summed E-state index contributed by atoms with van der Waals surface area (Å²) >= 11 is 7.30. The molecule has 0 N–H and O–H groups in total. The Morgan fingerprint density at radius 3 is 2.86 bits per heavy atom. The second-order valence-electron chi connectivity index (χ2n) is 6.08. The Morgan fingerprint density at radius 1 is 1.07 bits per heavy atom. The number of hydrogen-bond acceptors (Lipinski definition) is 9. The molecule has 3 heterocycles. The van der Waals surface area contributed by atoms with Gasteiger partial charge in [0.05, 0.1) is 5.75 Å². The van der Waals surface area contributed by atoms with Crippen molar-refractivity contribution < 1.29 is 18.4 Å². The van der Waals surface area contributed by atoms with Gasteiger partial charge in [-0.3, -0.25) is 0 Å². The Balaban J connectivity index is 1.23. The third-order valence-corrected chi connectivity index (χ3v) is 5.11. The van der Waals surface area contributed by atoms with Crippen molar-refractivity contribution in [2.45, 2.75) is 17.1 Å². The van der Waals surface area contributed by atoms with Gasteiger partial charge in [-0.2, -0.15) is 4.98 Å². The van der Waals surface area contributed by atoms with E-state index in [4.69, 9.17) is 30.0 Å². The quantitative estimate of drug-likeness (QED) is 0.423. The van der Waals surface area contributed by atoms with Gasteiger partial charge >= 0.3 is 0 Å². The first-order valence-electron chi connectivity index (χ1n) is 8.68. The average Bonchev–Trinajstić information content (AvgIpc) is 3.42. The number of para-hydroxylation sites is 2. The van der Waals surface area contributed by atoms with Crippen molar-refractivity contribution in [3.63, 3.8) is 0 Å². The van der Waals surface area contributed by atoms with Gasteiger partial charge in [0.1, 0.15) is 6.61 Å². The fraction of sp³-hybridized carbons (Fsp3) is 0.158. The van der Waals surface area contributed by atoms with Crippen LogP contribution in [0.25, 0.3) is 11.4 Å². The molecule has 8 nitrogen and oxygen atoms in total. The predicted molar refractivity (Wildman–Crippen MR) is 104 cm³/mol. The second kappa shape index (κ2) is 7.76. The van der Waals surface area contributed by atoms with E-state index in [0.29, 0.717) is 51.7 Å². The molecule has 0 bridgehead atoms. The number of nitrogens with zero attached hydrogens (tertiary/aromatic N) is 4. The largest absolute Gasteiger partial charge is 0.485 e. The summed E-state index contributed by atoms with van der Waals surface area (Å²) in [6, 6.07) is 14.7. The normalized spacial score (nSPS) is 15.4. The topological polar surface area (TPSA) is 96.3 Å². The van der Waals surface area contributed by atoms with Crippen molar-refractivity contribution in [2.75, 3.05) is 6.61 Å². The number of fused-ring (bicyclic) bond motifs is 1. The van der Waals surface area contributed by atoms with Crippen molar-refractivity contribution in [1.82, 2.24) is 20.3 Å². The monoisotopic (exact) mass is 428 g/mol. The minimum Gasteiger partial charge on any atom is -0.485 e. The number of rotatable bonds is 5. The Bertz CT molecular complexity index is 1150. The van der Waals surface area contributed by atoms with Gasteiger partial charge in [0.2, 0.25) is 17.8 Å². The van der Waals surface area contributed by atoms with Crippen LogP contribution in [-0.2, 0) is 5.75 Å². The molecule has 1 aliphatic rings. The van der Waals surface area contributed by atoms with Crippen LogP contribution in [0.15, 0.2) is 62.7 Å². The highest BCUT2D eigenvalue weighted by Gasteiger charge is 2.27. The van der Waals surface area contributed by atoms with Crippen LogP contribution in [0.1, 0.15) is 17.9 Å². The van der Waals surface area contributed by atoms with Gasteiger partial charge in [-0.05, 0) is 24.3 Å². The molecule has 0 aliphatic carbocycles. The molecule has 2 aromatic carbocycles. The maximum Gasteiger partial charge on any atom is 0.277 e. The Labute approximate surface area is 174 Å². The van der Waals surface area contributed by atoms with Crippen molar-refractivity contribution >= 4 is 23.4 Å². The lowest BCUT2D eigenvalue weighted by atomic mass is 10.2. The summed E-state index contributed by atoms with van der Waals surface area (Å²) in [4.78, 5) is 4.37. The molecule has 5 rings (SSSR count). The van der Waals surface area contributed by atoms with Gasteiger partial charge in [0.15, 0.2) is 11.5 Å². The zero-order chi connectivity index (χ0) is 19.6. The smallest absolute Gasteiger partial charge is 0.277 e. The van der Waals surface area contributed by atoms with E-state index in [1.54, 1.807) is 12.1 Å². The molecule has 0 fully saturated rings. The molecular formula is C19H13ClN4O4S. The van der Waals surface area contributed by atoms with E-state index >= 15 is 0 Å². The standard InChI is InChI=1S/C19H13ClN4O4S/c20-12-5-3-4-11(8-12)17-21-16(28-24-17)10-29-19-23-22-18(27-19)15-9-25-13-6-1-2-7-14(13)26-15/h1-8,15H,9-10H2/t15-/m1/s1. The molecule has 146 valence electrons. The lowest BCUT2D eigenvalue weighted by Gasteiger charge is -2.23. The highest BCUT2D eigenvalue weighted by Crippen LogP contribution is 2.36. The summed E-state index contributed by atoms with van der Waals surface area (Å²) in [7, 11) is 0. The summed E-state index contributed by atoms with van der Waals surface area (Å²) in [5, 5.41) is 13.1. The van der Waals surface area contributed by atoms with Crippen LogP contribution in [0.4, 0.5) is 0 Å². The lowest BCUT2D eigenvalue weighted by Crippen LogP contribution is -2.21. The van der Waals surface area contributed by atoms with Crippen molar-refractivity contribution in [1.29, 1.82) is 0 Å². The number of hydrogen-bond donors (Lipinski definition) is 0. The fourth-order valence-electron chi connectivity index (χ4n) is 2.73. The third-order valence-electron chi connectivity index (χ3n) is 4.08. The second-order valence-corrected chi connectivity index (χ2v) is 7.44. The SMILES string of the molecule is Clc1cccc(-c2noc(CSc3nnc([C@H]4COc5ccccc5O4)o3)n2)c1. The van der Waals surface area contributed by atoms with Crippen LogP contribution in [0.3, 0.4) is 0 Å². The highest BCUT2D eigenvalue weighted by atomic mass is 35.5. The fourth-order valence-corrected chi connectivity index (χ4v) is 3.53. The number of ether oxygens (including phenoxy) is 2. The van der Waals surface area contributed by atoms with Gasteiger partial charge in [-0.1, -0.05) is 52.8 Å². The van der Waals surface area contributed by atoms with Gasteiger partial charge < -0.3 is 18.4 Å². The van der Waals surface area contributed by atoms with Crippen molar-refractivity contribution in [3.8, 4) is 22.9 Å². The van der Waals surface area contributed by atoms with Crippen LogP contribution in [0, 0.1) is 0 Å². The van der Waals surface area contributed by atoms with Crippen LogP contribution in [0.2, 0.25) is 5.02 Å². The van der Waals surface area contributed by atoms with Crippen molar-refractivity contribution in [2.24, 2.45) is 0 Å². The third kappa shape index (κ3) is 3.92. The summed E-state index contributed by atoms with van der Waals surface area (Å²) in [5.74, 6) is 3.00. The van der Waals surface area contributed by atoms with Gasteiger partial charge in [-0.15, -0.1) is 10.2 Å². The molecule has 0 amide bonds. The van der Waals surface area contributed by atoms with E-state index < -0.39 is 6.10 Å².